The first kappa shape index (κ1) is 15.3. The second kappa shape index (κ2) is 6.57. The summed E-state index contributed by atoms with van der Waals surface area (Å²) in [6.07, 6.45) is 2.42. The number of rotatable bonds is 4. The summed E-state index contributed by atoms with van der Waals surface area (Å²) < 4.78 is 0. The predicted molar refractivity (Wildman–Crippen MR) is 80.4 cm³/mol. The zero-order chi connectivity index (χ0) is 14.7. The van der Waals surface area contributed by atoms with Crippen LogP contribution in [0.2, 0.25) is 5.02 Å². The van der Waals surface area contributed by atoms with Gasteiger partial charge in [0.2, 0.25) is 0 Å². The van der Waals surface area contributed by atoms with Crippen LogP contribution >= 0.6 is 11.6 Å². The Bertz CT molecular complexity index is 491. The van der Waals surface area contributed by atoms with E-state index in [9.17, 15) is 4.79 Å². The van der Waals surface area contributed by atoms with E-state index in [0.717, 1.165) is 25.2 Å². The fraction of sp³-hybridized carbons (Fsp3) is 0.533. The van der Waals surface area contributed by atoms with Crippen LogP contribution in [-0.4, -0.2) is 54.1 Å². The van der Waals surface area contributed by atoms with Gasteiger partial charge in [-0.1, -0.05) is 17.7 Å². The monoisotopic (exact) mass is 296 g/mol. The largest absolute Gasteiger partial charge is 0.478 e. The highest BCUT2D eigenvalue weighted by Crippen LogP contribution is 2.22. The van der Waals surface area contributed by atoms with Gasteiger partial charge in [0, 0.05) is 24.2 Å². The van der Waals surface area contributed by atoms with Crippen molar-refractivity contribution in [3.63, 3.8) is 0 Å². The van der Waals surface area contributed by atoms with Crippen molar-refractivity contribution in [3.8, 4) is 0 Å². The maximum absolute atomic E-state index is 10.9. The highest BCUT2D eigenvalue weighted by atomic mass is 35.5. The Morgan fingerprint density at radius 1 is 1.50 bits per heavy atom. The van der Waals surface area contributed by atoms with Gasteiger partial charge in [0.15, 0.2) is 0 Å². The lowest BCUT2D eigenvalue weighted by Crippen LogP contribution is -2.44. The van der Waals surface area contributed by atoms with E-state index < -0.39 is 5.97 Å². The van der Waals surface area contributed by atoms with Crippen LogP contribution in [0.25, 0.3) is 0 Å². The zero-order valence-corrected chi connectivity index (χ0v) is 12.7. The van der Waals surface area contributed by atoms with Crippen LogP contribution in [0, 0.1) is 0 Å². The van der Waals surface area contributed by atoms with E-state index in [1.165, 1.54) is 18.9 Å². The summed E-state index contributed by atoms with van der Waals surface area (Å²) in [6, 6.07) is 5.56. The number of hydrogen-bond acceptors (Lipinski definition) is 3. The maximum Gasteiger partial charge on any atom is 0.335 e. The fourth-order valence-electron chi connectivity index (χ4n) is 2.65. The van der Waals surface area contributed by atoms with Crippen molar-refractivity contribution in [2.24, 2.45) is 0 Å². The molecule has 0 aliphatic carbocycles. The summed E-state index contributed by atoms with van der Waals surface area (Å²) in [5.41, 5.74) is 1.24. The van der Waals surface area contributed by atoms with Crippen LogP contribution in [0.3, 0.4) is 0 Å². The molecule has 1 aliphatic heterocycles. The molecule has 1 atom stereocenters. The number of likely N-dealkylation sites (N-methyl/N-ethyl adjacent to an activating group) is 1. The second-order valence-corrected chi connectivity index (χ2v) is 6.01. The van der Waals surface area contributed by atoms with Gasteiger partial charge in [-0.15, -0.1) is 0 Å². The second-order valence-electron chi connectivity index (χ2n) is 5.61. The molecule has 0 radical (unpaired) electrons. The number of carboxylic acid groups (broad SMARTS) is 1. The van der Waals surface area contributed by atoms with E-state index in [2.05, 4.69) is 23.9 Å². The summed E-state index contributed by atoms with van der Waals surface area (Å²) in [5, 5.41) is 9.48. The molecule has 4 nitrogen and oxygen atoms in total. The van der Waals surface area contributed by atoms with Crippen molar-refractivity contribution < 1.29 is 9.90 Å². The van der Waals surface area contributed by atoms with Crippen molar-refractivity contribution in [2.75, 3.05) is 27.2 Å². The van der Waals surface area contributed by atoms with Crippen molar-refractivity contribution >= 4 is 17.6 Å². The first-order valence-electron chi connectivity index (χ1n) is 6.88. The quantitative estimate of drug-likeness (QED) is 0.927. The van der Waals surface area contributed by atoms with Gasteiger partial charge in [0.25, 0.3) is 0 Å². The maximum atomic E-state index is 10.9. The number of likely N-dealkylation sites (tertiary alicyclic amines) is 1. The van der Waals surface area contributed by atoms with Crippen LogP contribution in [0.1, 0.15) is 28.8 Å². The molecule has 20 heavy (non-hydrogen) atoms. The molecule has 1 aromatic rings. The molecule has 1 N–H and O–H groups in total. The average molecular weight is 297 g/mol. The van der Waals surface area contributed by atoms with E-state index >= 15 is 0 Å². The molecule has 0 amide bonds. The number of nitrogens with zero attached hydrogens (tertiary/aromatic N) is 2. The summed E-state index contributed by atoms with van der Waals surface area (Å²) in [6.45, 7) is 2.88. The summed E-state index contributed by atoms with van der Waals surface area (Å²) in [5.74, 6) is -0.941. The van der Waals surface area contributed by atoms with Crippen LogP contribution < -0.4 is 0 Å². The van der Waals surface area contributed by atoms with Crippen LogP contribution in [-0.2, 0) is 6.54 Å². The molecule has 0 saturated carbocycles. The minimum atomic E-state index is -0.941. The Labute approximate surface area is 124 Å². The smallest absolute Gasteiger partial charge is 0.335 e. The summed E-state index contributed by atoms with van der Waals surface area (Å²) in [7, 11) is 4.23. The first-order valence-corrected chi connectivity index (χ1v) is 7.25. The number of halogens is 1. The number of aromatic carboxylic acids is 1. The van der Waals surface area contributed by atoms with Gasteiger partial charge >= 0.3 is 5.97 Å². The topological polar surface area (TPSA) is 43.8 Å². The predicted octanol–water partition coefficient (Wildman–Crippen LogP) is 2.56. The summed E-state index contributed by atoms with van der Waals surface area (Å²) >= 11 is 6.19. The van der Waals surface area contributed by atoms with E-state index in [-0.39, 0.29) is 5.56 Å². The van der Waals surface area contributed by atoms with Gasteiger partial charge in [-0.25, -0.2) is 4.79 Å². The Balaban J connectivity index is 2.04. The molecule has 1 unspecified atom stereocenters. The lowest BCUT2D eigenvalue weighted by molar-refractivity contribution is 0.0697. The van der Waals surface area contributed by atoms with Crippen molar-refractivity contribution in [1.29, 1.82) is 0 Å². The molecular formula is C15H21ClN2O2. The molecule has 2 rings (SSSR count). The number of hydrogen-bond donors (Lipinski definition) is 1. The third-order valence-corrected chi connectivity index (χ3v) is 4.26. The Kier molecular flexibility index (Phi) is 5.02. The van der Waals surface area contributed by atoms with Gasteiger partial charge in [-0.2, -0.15) is 0 Å². The van der Waals surface area contributed by atoms with Crippen LogP contribution in [0.4, 0.5) is 0 Å². The van der Waals surface area contributed by atoms with Crippen molar-refractivity contribution in [3.05, 3.63) is 34.3 Å². The lowest BCUT2D eigenvalue weighted by atomic mass is 10.0. The van der Waals surface area contributed by atoms with E-state index in [1.54, 1.807) is 6.07 Å². The van der Waals surface area contributed by atoms with Gasteiger partial charge in [-0.3, -0.25) is 4.90 Å². The SMILES string of the molecule is CN(C)C1CCCN(Cc2ccc(C(=O)O)cc2Cl)C1. The third kappa shape index (κ3) is 3.72. The molecule has 0 bridgehead atoms. The Morgan fingerprint density at radius 2 is 2.25 bits per heavy atom. The number of piperidine rings is 1. The number of carbonyl (C=O) groups is 1. The van der Waals surface area contributed by atoms with Crippen molar-refractivity contribution in [2.45, 2.75) is 25.4 Å². The molecule has 0 spiro atoms. The molecule has 5 heteroatoms. The molecule has 1 fully saturated rings. The molecule has 1 aliphatic rings. The van der Waals surface area contributed by atoms with E-state index in [4.69, 9.17) is 16.7 Å². The average Bonchev–Trinajstić information content (AvgIpc) is 2.41. The van der Waals surface area contributed by atoms with E-state index in [1.807, 2.05) is 6.07 Å². The first-order chi connectivity index (χ1) is 9.47. The molecule has 1 aromatic carbocycles. The fourth-order valence-corrected chi connectivity index (χ4v) is 2.89. The standard InChI is InChI=1S/C15H21ClN2O2/c1-17(2)13-4-3-7-18(10-13)9-12-6-5-11(15(19)20)8-14(12)16/h5-6,8,13H,3-4,7,9-10H2,1-2H3,(H,19,20). The Morgan fingerprint density at radius 3 is 2.85 bits per heavy atom. The minimum Gasteiger partial charge on any atom is -0.478 e. The highest BCUT2D eigenvalue weighted by molar-refractivity contribution is 6.31. The van der Waals surface area contributed by atoms with Crippen LogP contribution in [0.15, 0.2) is 18.2 Å². The Hall–Kier alpha value is -1.10. The van der Waals surface area contributed by atoms with Crippen molar-refractivity contribution in [1.82, 2.24) is 9.80 Å². The highest BCUT2D eigenvalue weighted by Gasteiger charge is 2.22. The molecule has 1 saturated heterocycles. The lowest BCUT2D eigenvalue weighted by Gasteiger charge is -2.36. The van der Waals surface area contributed by atoms with Crippen LogP contribution in [0.5, 0.6) is 0 Å². The van der Waals surface area contributed by atoms with Gasteiger partial charge in [0.05, 0.1) is 5.56 Å². The number of benzene rings is 1. The molecule has 0 aromatic heterocycles. The van der Waals surface area contributed by atoms with Gasteiger partial charge in [0.1, 0.15) is 0 Å². The number of carboxylic acids is 1. The van der Waals surface area contributed by atoms with Gasteiger partial charge in [-0.05, 0) is 51.2 Å². The molecular weight excluding hydrogens is 276 g/mol. The van der Waals surface area contributed by atoms with Gasteiger partial charge < -0.3 is 10.0 Å². The zero-order valence-electron chi connectivity index (χ0n) is 12.0. The third-order valence-electron chi connectivity index (χ3n) is 3.90. The molecule has 1 heterocycles. The van der Waals surface area contributed by atoms with E-state index in [0.29, 0.717) is 11.1 Å². The normalized spacial score (nSPS) is 20.3. The minimum absolute atomic E-state index is 0.239. The summed E-state index contributed by atoms with van der Waals surface area (Å²) in [4.78, 5) is 15.5. The molecule has 110 valence electrons.